The van der Waals surface area contributed by atoms with Crippen molar-refractivity contribution in [1.29, 1.82) is 0 Å². The monoisotopic (exact) mass is 306 g/mol. The Morgan fingerprint density at radius 2 is 1.35 bits per heavy atom. The molecular weight excluding hydrogens is 280 g/mol. The average molecular weight is 306 g/mol. The molecule has 2 nitrogen and oxygen atoms in total. The minimum absolute atomic E-state index is 0.0353. The van der Waals surface area contributed by atoms with Gasteiger partial charge in [-0.1, -0.05) is 71.9 Å². The average Bonchev–Trinajstić information content (AvgIpc) is 2.89. The van der Waals surface area contributed by atoms with Crippen LogP contribution in [0.1, 0.15) is 52.9 Å². The molecule has 3 rings (SSSR count). The molecule has 2 aromatic carbocycles. The molecule has 3 aromatic rings. The lowest BCUT2D eigenvalue weighted by atomic mass is 9.86. The van der Waals surface area contributed by atoms with Gasteiger partial charge >= 0.3 is 0 Å². The topological polar surface area (TPSA) is 28.7 Å². The van der Waals surface area contributed by atoms with Gasteiger partial charge in [-0.2, -0.15) is 0 Å². The lowest BCUT2D eigenvalue weighted by molar-refractivity contribution is 0.554. The first kappa shape index (κ1) is 15.8. The van der Waals surface area contributed by atoms with Gasteiger partial charge in [0.2, 0.25) is 0 Å². The molecule has 0 aliphatic carbocycles. The lowest BCUT2D eigenvalue weighted by Crippen LogP contribution is -2.12. The van der Waals surface area contributed by atoms with Crippen LogP contribution in [0.25, 0.3) is 22.2 Å². The zero-order valence-electron chi connectivity index (χ0n) is 15.0. The van der Waals surface area contributed by atoms with Crippen molar-refractivity contribution >= 4 is 11.0 Å². The van der Waals surface area contributed by atoms with Crippen molar-refractivity contribution in [1.82, 2.24) is 9.97 Å². The van der Waals surface area contributed by atoms with E-state index in [1.165, 1.54) is 16.7 Å². The summed E-state index contributed by atoms with van der Waals surface area (Å²) in [6, 6.07) is 15.3. The molecule has 0 radical (unpaired) electrons. The molecule has 23 heavy (non-hydrogen) atoms. The second-order valence-electron chi connectivity index (χ2n) is 8.39. The molecule has 0 aliphatic heterocycles. The van der Waals surface area contributed by atoms with Crippen molar-refractivity contribution in [3.05, 3.63) is 53.9 Å². The van der Waals surface area contributed by atoms with E-state index in [2.05, 4.69) is 89.0 Å². The molecular formula is C21H26N2. The predicted molar refractivity (Wildman–Crippen MR) is 98.9 cm³/mol. The van der Waals surface area contributed by atoms with Crippen LogP contribution in [0.5, 0.6) is 0 Å². The number of hydrogen-bond donors (Lipinski definition) is 1. The molecule has 0 spiro atoms. The Balaban J connectivity index is 2.00. The molecule has 0 atom stereocenters. The zero-order chi connectivity index (χ0) is 16.8. The van der Waals surface area contributed by atoms with Crippen molar-refractivity contribution in [3.63, 3.8) is 0 Å². The number of nitrogens with one attached hydrogen (secondary N) is 1. The van der Waals surface area contributed by atoms with E-state index < -0.39 is 0 Å². The van der Waals surface area contributed by atoms with Gasteiger partial charge in [-0.25, -0.2) is 4.98 Å². The molecule has 0 saturated heterocycles. The van der Waals surface area contributed by atoms with Gasteiger partial charge in [0.25, 0.3) is 0 Å². The SMILES string of the molecule is CC(C)(C)c1ccc(-c2ccc3nc(C(C)(C)C)[nH]c3c2)cc1. The first-order valence-electron chi connectivity index (χ1n) is 8.26. The minimum Gasteiger partial charge on any atom is -0.342 e. The van der Waals surface area contributed by atoms with Crippen molar-refractivity contribution in [2.75, 3.05) is 0 Å². The Morgan fingerprint density at radius 3 is 1.91 bits per heavy atom. The van der Waals surface area contributed by atoms with Crippen LogP contribution in [0.3, 0.4) is 0 Å². The molecule has 0 saturated carbocycles. The number of hydrogen-bond acceptors (Lipinski definition) is 1. The number of H-pyrrole nitrogens is 1. The number of rotatable bonds is 1. The highest BCUT2D eigenvalue weighted by Crippen LogP contribution is 2.29. The molecule has 0 amide bonds. The molecule has 0 unspecified atom stereocenters. The Kier molecular flexibility index (Phi) is 3.59. The number of benzene rings is 2. The van der Waals surface area contributed by atoms with Crippen LogP contribution in [0.2, 0.25) is 0 Å². The van der Waals surface area contributed by atoms with Crippen LogP contribution >= 0.6 is 0 Å². The van der Waals surface area contributed by atoms with Crippen LogP contribution in [0, 0.1) is 0 Å². The Bertz CT molecular complexity index is 825. The summed E-state index contributed by atoms with van der Waals surface area (Å²) in [5, 5.41) is 0. The number of nitrogens with zero attached hydrogens (tertiary/aromatic N) is 1. The second kappa shape index (κ2) is 5.23. The fraction of sp³-hybridized carbons (Fsp3) is 0.381. The smallest absolute Gasteiger partial charge is 0.112 e. The minimum atomic E-state index is 0.0353. The normalized spacial score (nSPS) is 12.8. The molecule has 2 heteroatoms. The van der Waals surface area contributed by atoms with E-state index in [0.29, 0.717) is 0 Å². The third-order valence-electron chi connectivity index (χ3n) is 4.28. The highest BCUT2D eigenvalue weighted by molar-refractivity contribution is 5.82. The van der Waals surface area contributed by atoms with Gasteiger partial charge in [0.15, 0.2) is 0 Å². The van der Waals surface area contributed by atoms with Gasteiger partial charge in [0.1, 0.15) is 5.82 Å². The fourth-order valence-electron chi connectivity index (χ4n) is 2.71. The quantitative estimate of drug-likeness (QED) is 0.602. The number of aromatic amines is 1. The van der Waals surface area contributed by atoms with Crippen molar-refractivity contribution < 1.29 is 0 Å². The first-order valence-corrected chi connectivity index (χ1v) is 8.26. The number of imidazole rings is 1. The van der Waals surface area contributed by atoms with Gasteiger partial charge in [0, 0.05) is 5.41 Å². The highest BCUT2D eigenvalue weighted by Gasteiger charge is 2.18. The van der Waals surface area contributed by atoms with Gasteiger partial charge in [-0.3, -0.25) is 0 Å². The van der Waals surface area contributed by atoms with Crippen LogP contribution in [0.4, 0.5) is 0 Å². The summed E-state index contributed by atoms with van der Waals surface area (Å²) in [4.78, 5) is 8.18. The molecule has 1 N–H and O–H groups in total. The molecule has 1 aromatic heterocycles. The van der Waals surface area contributed by atoms with E-state index in [4.69, 9.17) is 4.98 Å². The summed E-state index contributed by atoms with van der Waals surface area (Å²) in [7, 11) is 0. The maximum atomic E-state index is 4.71. The summed E-state index contributed by atoms with van der Waals surface area (Å²) < 4.78 is 0. The molecule has 1 heterocycles. The fourth-order valence-corrected chi connectivity index (χ4v) is 2.71. The summed E-state index contributed by atoms with van der Waals surface area (Å²) in [6.07, 6.45) is 0. The largest absolute Gasteiger partial charge is 0.342 e. The van der Waals surface area contributed by atoms with Crippen molar-refractivity contribution in [2.24, 2.45) is 0 Å². The van der Waals surface area contributed by atoms with Crippen LogP contribution < -0.4 is 0 Å². The number of fused-ring (bicyclic) bond motifs is 1. The van der Waals surface area contributed by atoms with E-state index in [0.717, 1.165) is 16.9 Å². The van der Waals surface area contributed by atoms with E-state index in [9.17, 15) is 0 Å². The summed E-state index contributed by atoms with van der Waals surface area (Å²) in [6.45, 7) is 13.3. The first-order chi connectivity index (χ1) is 10.6. The number of aromatic nitrogens is 2. The highest BCUT2D eigenvalue weighted by atomic mass is 14.9. The molecule has 0 fully saturated rings. The van der Waals surface area contributed by atoms with Crippen LogP contribution in [-0.4, -0.2) is 9.97 Å². The summed E-state index contributed by atoms with van der Waals surface area (Å²) in [5.74, 6) is 1.03. The van der Waals surface area contributed by atoms with Crippen molar-refractivity contribution in [3.8, 4) is 11.1 Å². The maximum absolute atomic E-state index is 4.71. The zero-order valence-corrected chi connectivity index (χ0v) is 15.0. The molecule has 0 bridgehead atoms. The Hall–Kier alpha value is -2.09. The third-order valence-corrected chi connectivity index (χ3v) is 4.28. The van der Waals surface area contributed by atoms with E-state index >= 15 is 0 Å². The van der Waals surface area contributed by atoms with Crippen LogP contribution in [0.15, 0.2) is 42.5 Å². The second-order valence-corrected chi connectivity index (χ2v) is 8.39. The Morgan fingerprint density at radius 1 is 0.739 bits per heavy atom. The maximum Gasteiger partial charge on any atom is 0.112 e. The molecule has 0 aliphatic rings. The third kappa shape index (κ3) is 3.17. The summed E-state index contributed by atoms with van der Waals surface area (Å²) in [5.41, 5.74) is 6.19. The summed E-state index contributed by atoms with van der Waals surface area (Å²) >= 11 is 0. The van der Waals surface area contributed by atoms with E-state index in [1.807, 2.05) is 0 Å². The van der Waals surface area contributed by atoms with Crippen molar-refractivity contribution in [2.45, 2.75) is 52.4 Å². The van der Waals surface area contributed by atoms with E-state index in [1.54, 1.807) is 0 Å². The van der Waals surface area contributed by atoms with E-state index in [-0.39, 0.29) is 10.8 Å². The standard InChI is InChI=1S/C21H26N2/c1-20(2,3)16-10-7-14(8-11-16)15-9-12-17-18(13-15)23-19(22-17)21(4,5)6/h7-13H,1-6H3,(H,22,23). The lowest BCUT2D eigenvalue weighted by Gasteiger charge is -2.19. The Labute approximate surface area is 139 Å². The molecule has 120 valence electrons. The van der Waals surface area contributed by atoms with Gasteiger partial charge in [0.05, 0.1) is 11.0 Å². The van der Waals surface area contributed by atoms with Gasteiger partial charge in [-0.15, -0.1) is 0 Å². The van der Waals surface area contributed by atoms with Gasteiger partial charge < -0.3 is 4.98 Å². The van der Waals surface area contributed by atoms with Crippen LogP contribution in [-0.2, 0) is 10.8 Å². The predicted octanol–water partition coefficient (Wildman–Crippen LogP) is 5.82. The van der Waals surface area contributed by atoms with Gasteiger partial charge in [-0.05, 0) is 34.2 Å².